The highest BCUT2D eigenvalue weighted by molar-refractivity contribution is 4.80. The summed E-state index contributed by atoms with van der Waals surface area (Å²) < 4.78 is 4.97. The predicted octanol–water partition coefficient (Wildman–Crippen LogP) is 2.35. The average molecular weight is 186 g/mol. The smallest absolute Gasteiger partial charge is 0.0568 e. The van der Waals surface area contributed by atoms with E-state index in [2.05, 4.69) is 0 Å². The molecule has 13 heavy (non-hydrogen) atoms. The van der Waals surface area contributed by atoms with Crippen LogP contribution in [0.15, 0.2) is 0 Å². The van der Waals surface area contributed by atoms with E-state index in [4.69, 9.17) is 4.74 Å². The third-order valence-electron chi connectivity index (χ3n) is 2.76. The van der Waals surface area contributed by atoms with Crippen LogP contribution in [0.3, 0.4) is 0 Å². The molecule has 1 fully saturated rings. The van der Waals surface area contributed by atoms with Crippen LogP contribution in [0.4, 0.5) is 0 Å². The summed E-state index contributed by atoms with van der Waals surface area (Å²) in [4.78, 5) is 0. The van der Waals surface area contributed by atoms with E-state index in [1.54, 1.807) is 7.11 Å². The van der Waals surface area contributed by atoms with Crippen molar-refractivity contribution in [3.63, 3.8) is 0 Å². The molecule has 2 heteroatoms. The standard InChI is InChI=1S/C11H22O2/c1-13-9-5-3-2-4-6-11(12)10-7-8-10/h10-12H,2-9H2,1H3. The molecule has 0 radical (unpaired) electrons. The molecule has 0 saturated heterocycles. The van der Waals surface area contributed by atoms with Gasteiger partial charge in [-0.05, 0) is 31.6 Å². The van der Waals surface area contributed by atoms with Gasteiger partial charge in [0.1, 0.15) is 0 Å². The van der Waals surface area contributed by atoms with E-state index in [-0.39, 0.29) is 6.10 Å². The van der Waals surface area contributed by atoms with Crippen molar-refractivity contribution in [1.82, 2.24) is 0 Å². The van der Waals surface area contributed by atoms with Crippen molar-refractivity contribution in [2.45, 2.75) is 51.0 Å². The fourth-order valence-electron chi connectivity index (χ4n) is 1.67. The number of hydrogen-bond donors (Lipinski definition) is 1. The molecule has 0 bridgehead atoms. The minimum Gasteiger partial charge on any atom is -0.393 e. The number of rotatable bonds is 8. The second kappa shape index (κ2) is 6.39. The average Bonchev–Trinajstić information content (AvgIpc) is 2.93. The Bertz CT molecular complexity index is 121. The van der Waals surface area contributed by atoms with Crippen LogP contribution >= 0.6 is 0 Å². The molecule has 78 valence electrons. The molecule has 1 saturated carbocycles. The van der Waals surface area contributed by atoms with Crippen LogP contribution in [0, 0.1) is 5.92 Å². The summed E-state index contributed by atoms with van der Waals surface area (Å²) in [6.07, 6.45) is 8.35. The van der Waals surface area contributed by atoms with Gasteiger partial charge in [-0.2, -0.15) is 0 Å². The van der Waals surface area contributed by atoms with Crippen LogP contribution in [0.1, 0.15) is 44.9 Å². The largest absolute Gasteiger partial charge is 0.393 e. The van der Waals surface area contributed by atoms with Crippen molar-refractivity contribution < 1.29 is 9.84 Å². The van der Waals surface area contributed by atoms with Crippen molar-refractivity contribution in [3.8, 4) is 0 Å². The van der Waals surface area contributed by atoms with Crippen LogP contribution in [-0.4, -0.2) is 24.9 Å². The maximum atomic E-state index is 9.57. The fraction of sp³-hybridized carbons (Fsp3) is 1.00. The predicted molar refractivity (Wildman–Crippen MR) is 53.7 cm³/mol. The summed E-state index contributed by atoms with van der Waals surface area (Å²) in [6.45, 7) is 0.880. The van der Waals surface area contributed by atoms with E-state index in [1.807, 2.05) is 0 Å². The van der Waals surface area contributed by atoms with Gasteiger partial charge in [0.25, 0.3) is 0 Å². The van der Waals surface area contributed by atoms with Crippen molar-refractivity contribution in [2.24, 2.45) is 5.92 Å². The van der Waals surface area contributed by atoms with Gasteiger partial charge in [0.15, 0.2) is 0 Å². The van der Waals surface area contributed by atoms with E-state index in [0.717, 1.165) is 19.4 Å². The Morgan fingerprint density at radius 2 is 1.92 bits per heavy atom. The van der Waals surface area contributed by atoms with E-state index in [1.165, 1.54) is 32.1 Å². The first-order valence-corrected chi connectivity index (χ1v) is 5.51. The maximum Gasteiger partial charge on any atom is 0.0568 e. The molecule has 1 N–H and O–H groups in total. The van der Waals surface area contributed by atoms with Gasteiger partial charge < -0.3 is 9.84 Å². The van der Waals surface area contributed by atoms with Gasteiger partial charge in [-0.1, -0.05) is 19.3 Å². The fourth-order valence-corrected chi connectivity index (χ4v) is 1.67. The molecule has 1 rings (SSSR count). The SMILES string of the molecule is COCCCCCCC(O)C1CC1. The molecule has 2 nitrogen and oxygen atoms in total. The Kier molecular flexibility index (Phi) is 5.40. The Balaban J connectivity index is 1.77. The summed E-state index contributed by atoms with van der Waals surface area (Å²) in [6, 6.07) is 0. The zero-order chi connectivity index (χ0) is 9.52. The third kappa shape index (κ3) is 5.27. The van der Waals surface area contributed by atoms with Gasteiger partial charge in [-0.25, -0.2) is 0 Å². The van der Waals surface area contributed by atoms with Gasteiger partial charge in [-0.3, -0.25) is 0 Å². The number of aliphatic hydroxyl groups excluding tert-OH is 1. The Labute approximate surface area is 81.3 Å². The first-order chi connectivity index (χ1) is 6.34. The number of hydrogen-bond acceptors (Lipinski definition) is 2. The number of unbranched alkanes of at least 4 members (excludes halogenated alkanes) is 3. The second-order valence-corrected chi connectivity index (χ2v) is 4.10. The molecule has 0 aromatic rings. The highest BCUT2D eigenvalue weighted by Crippen LogP contribution is 2.34. The molecule has 1 unspecified atom stereocenters. The topological polar surface area (TPSA) is 29.5 Å². The highest BCUT2D eigenvalue weighted by atomic mass is 16.5. The van der Waals surface area contributed by atoms with Crippen LogP contribution in [0.5, 0.6) is 0 Å². The molecular formula is C11H22O2. The molecule has 1 aliphatic rings. The summed E-state index contributed by atoms with van der Waals surface area (Å²) in [5, 5.41) is 9.57. The van der Waals surface area contributed by atoms with Crippen molar-refractivity contribution in [1.29, 1.82) is 0 Å². The summed E-state index contributed by atoms with van der Waals surface area (Å²) >= 11 is 0. The molecule has 0 amide bonds. The number of methoxy groups -OCH3 is 1. The van der Waals surface area contributed by atoms with Crippen LogP contribution in [0.25, 0.3) is 0 Å². The van der Waals surface area contributed by atoms with E-state index in [0.29, 0.717) is 5.92 Å². The lowest BCUT2D eigenvalue weighted by atomic mass is 10.1. The van der Waals surface area contributed by atoms with Crippen molar-refractivity contribution in [2.75, 3.05) is 13.7 Å². The van der Waals surface area contributed by atoms with E-state index in [9.17, 15) is 5.11 Å². The Morgan fingerprint density at radius 1 is 1.23 bits per heavy atom. The minimum absolute atomic E-state index is 0.00225. The number of aliphatic hydroxyl groups is 1. The molecule has 0 aliphatic heterocycles. The number of ether oxygens (including phenoxy) is 1. The van der Waals surface area contributed by atoms with E-state index >= 15 is 0 Å². The zero-order valence-corrected chi connectivity index (χ0v) is 8.67. The molecular weight excluding hydrogens is 164 g/mol. The first-order valence-electron chi connectivity index (χ1n) is 5.51. The third-order valence-corrected chi connectivity index (χ3v) is 2.76. The van der Waals surface area contributed by atoms with Gasteiger partial charge in [0.2, 0.25) is 0 Å². The van der Waals surface area contributed by atoms with E-state index < -0.39 is 0 Å². The first kappa shape index (κ1) is 11.0. The molecule has 1 aliphatic carbocycles. The van der Waals surface area contributed by atoms with Gasteiger partial charge >= 0.3 is 0 Å². The normalized spacial score (nSPS) is 18.9. The van der Waals surface area contributed by atoms with Gasteiger partial charge in [-0.15, -0.1) is 0 Å². The Morgan fingerprint density at radius 3 is 2.54 bits per heavy atom. The van der Waals surface area contributed by atoms with Gasteiger partial charge in [0.05, 0.1) is 6.10 Å². The lowest BCUT2D eigenvalue weighted by Gasteiger charge is -2.07. The molecule has 0 aromatic heterocycles. The summed E-state index contributed by atoms with van der Waals surface area (Å²) in [5.74, 6) is 0.652. The van der Waals surface area contributed by atoms with Crippen LogP contribution in [-0.2, 0) is 4.74 Å². The molecule has 1 atom stereocenters. The van der Waals surface area contributed by atoms with Crippen LogP contribution < -0.4 is 0 Å². The van der Waals surface area contributed by atoms with Crippen molar-refractivity contribution in [3.05, 3.63) is 0 Å². The lowest BCUT2D eigenvalue weighted by Crippen LogP contribution is -2.08. The monoisotopic (exact) mass is 186 g/mol. The summed E-state index contributed by atoms with van der Waals surface area (Å²) in [7, 11) is 1.75. The van der Waals surface area contributed by atoms with Crippen molar-refractivity contribution >= 4 is 0 Å². The molecule has 0 aromatic carbocycles. The summed E-state index contributed by atoms with van der Waals surface area (Å²) in [5.41, 5.74) is 0. The molecule has 0 heterocycles. The maximum absolute atomic E-state index is 9.57. The quantitative estimate of drug-likeness (QED) is 0.590. The van der Waals surface area contributed by atoms with Crippen LogP contribution in [0.2, 0.25) is 0 Å². The molecule has 0 spiro atoms. The second-order valence-electron chi connectivity index (χ2n) is 4.10. The minimum atomic E-state index is 0.00225. The zero-order valence-electron chi connectivity index (χ0n) is 8.67. The lowest BCUT2D eigenvalue weighted by molar-refractivity contribution is 0.137. The van der Waals surface area contributed by atoms with Gasteiger partial charge in [0, 0.05) is 13.7 Å². The highest BCUT2D eigenvalue weighted by Gasteiger charge is 2.28. The Hall–Kier alpha value is -0.0800.